The third-order valence-corrected chi connectivity index (χ3v) is 5.05. The van der Waals surface area contributed by atoms with Crippen molar-refractivity contribution >= 4 is 11.8 Å². The fourth-order valence-electron chi connectivity index (χ4n) is 2.14. The highest BCUT2D eigenvalue weighted by Gasteiger charge is 2.41. The van der Waals surface area contributed by atoms with E-state index in [9.17, 15) is 0 Å². The van der Waals surface area contributed by atoms with Gasteiger partial charge in [-0.1, -0.05) is 6.92 Å². The molecule has 2 rings (SSSR count). The van der Waals surface area contributed by atoms with Crippen LogP contribution in [0.4, 0.5) is 0 Å². The largest absolute Gasteiger partial charge is 0.381 e. The van der Waals surface area contributed by atoms with Crippen LogP contribution in [0.25, 0.3) is 0 Å². The Morgan fingerprint density at radius 3 is 2.71 bits per heavy atom. The molecule has 0 aromatic heterocycles. The molecular weight excluding hydrogens is 194 g/mol. The highest BCUT2D eigenvalue weighted by Crippen LogP contribution is 2.40. The molecule has 0 bridgehead atoms. The zero-order valence-corrected chi connectivity index (χ0v) is 10.2. The standard InChI is InChI=1S/C11H21NOS/c1-8-6-13-5-4-9(8)12-10-7-14-11(10,2)3/h8-10,12H,4-7H2,1-3H3. The van der Waals surface area contributed by atoms with E-state index in [1.54, 1.807) is 0 Å². The van der Waals surface area contributed by atoms with E-state index in [0.717, 1.165) is 13.2 Å². The van der Waals surface area contributed by atoms with Crippen LogP contribution in [0.5, 0.6) is 0 Å². The predicted octanol–water partition coefficient (Wildman–Crippen LogP) is 1.90. The molecule has 0 spiro atoms. The van der Waals surface area contributed by atoms with Crippen LogP contribution < -0.4 is 5.32 Å². The molecule has 1 N–H and O–H groups in total. The summed E-state index contributed by atoms with van der Waals surface area (Å²) in [4.78, 5) is 0. The van der Waals surface area contributed by atoms with Crippen molar-refractivity contribution in [2.24, 2.45) is 5.92 Å². The number of rotatable bonds is 2. The summed E-state index contributed by atoms with van der Waals surface area (Å²) in [6.45, 7) is 8.82. The van der Waals surface area contributed by atoms with Crippen molar-refractivity contribution in [1.29, 1.82) is 0 Å². The van der Waals surface area contributed by atoms with E-state index < -0.39 is 0 Å². The van der Waals surface area contributed by atoms with Crippen LogP contribution in [0.15, 0.2) is 0 Å². The maximum absolute atomic E-state index is 5.45. The molecule has 2 aliphatic heterocycles. The van der Waals surface area contributed by atoms with Crippen molar-refractivity contribution < 1.29 is 4.74 Å². The Labute approximate surface area is 91.2 Å². The zero-order chi connectivity index (χ0) is 10.2. The second-order valence-electron chi connectivity index (χ2n) is 5.08. The van der Waals surface area contributed by atoms with Crippen LogP contribution in [-0.2, 0) is 4.74 Å². The summed E-state index contributed by atoms with van der Waals surface area (Å²) in [7, 11) is 0. The van der Waals surface area contributed by atoms with Crippen molar-refractivity contribution in [3.8, 4) is 0 Å². The van der Waals surface area contributed by atoms with Crippen LogP contribution in [0.1, 0.15) is 27.2 Å². The Morgan fingerprint density at radius 1 is 1.43 bits per heavy atom. The van der Waals surface area contributed by atoms with Gasteiger partial charge in [0, 0.05) is 29.2 Å². The topological polar surface area (TPSA) is 21.3 Å². The van der Waals surface area contributed by atoms with Crippen LogP contribution in [-0.4, -0.2) is 35.8 Å². The summed E-state index contributed by atoms with van der Waals surface area (Å²) in [6.07, 6.45) is 1.18. The van der Waals surface area contributed by atoms with E-state index in [1.807, 2.05) is 0 Å². The van der Waals surface area contributed by atoms with Gasteiger partial charge >= 0.3 is 0 Å². The molecule has 0 saturated carbocycles. The van der Waals surface area contributed by atoms with Crippen LogP contribution in [0, 0.1) is 5.92 Å². The van der Waals surface area contributed by atoms with Gasteiger partial charge in [-0.25, -0.2) is 0 Å². The molecule has 0 amide bonds. The maximum Gasteiger partial charge on any atom is 0.0506 e. The molecule has 2 saturated heterocycles. The molecule has 2 fully saturated rings. The van der Waals surface area contributed by atoms with Gasteiger partial charge in [0.15, 0.2) is 0 Å². The summed E-state index contributed by atoms with van der Waals surface area (Å²) in [5, 5.41) is 3.79. The molecule has 3 atom stereocenters. The van der Waals surface area contributed by atoms with Crippen molar-refractivity contribution in [3.63, 3.8) is 0 Å². The van der Waals surface area contributed by atoms with Gasteiger partial charge in [0.2, 0.25) is 0 Å². The van der Waals surface area contributed by atoms with Crippen molar-refractivity contribution in [1.82, 2.24) is 5.32 Å². The Hall–Kier alpha value is 0.270. The molecule has 0 aliphatic carbocycles. The smallest absolute Gasteiger partial charge is 0.0506 e. The second-order valence-corrected chi connectivity index (χ2v) is 6.76. The maximum atomic E-state index is 5.45. The molecule has 2 aliphatic rings. The number of thioether (sulfide) groups is 1. The molecule has 0 aromatic carbocycles. The highest BCUT2D eigenvalue weighted by molar-refractivity contribution is 8.02. The van der Waals surface area contributed by atoms with Gasteiger partial charge in [0.25, 0.3) is 0 Å². The van der Waals surface area contributed by atoms with Crippen molar-refractivity contribution in [3.05, 3.63) is 0 Å². The molecule has 0 radical (unpaired) electrons. The first-order chi connectivity index (χ1) is 6.59. The fraction of sp³-hybridized carbons (Fsp3) is 1.00. The molecule has 3 unspecified atom stereocenters. The lowest BCUT2D eigenvalue weighted by atomic mass is 9.94. The SMILES string of the molecule is CC1COCCC1NC1CSC1(C)C. The van der Waals surface area contributed by atoms with Gasteiger partial charge in [0.1, 0.15) is 0 Å². The zero-order valence-electron chi connectivity index (χ0n) is 9.38. The van der Waals surface area contributed by atoms with E-state index in [1.165, 1.54) is 12.2 Å². The Kier molecular flexibility index (Phi) is 3.10. The summed E-state index contributed by atoms with van der Waals surface area (Å²) in [5.74, 6) is 1.95. The first-order valence-electron chi connectivity index (χ1n) is 5.57. The van der Waals surface area contributed by atoms with Crippen LogP contribution in [0.3, 0.4) is 0 Å². The van der Waals surface area contributed by atoms with E-state index in [-0.39, 0.29) is 0 Å². The Morgan fingerprint density at radius 2 is 2.21 bits per heavy atom. The summed E-state index contributed by atoms with van der Waals surface area (Å²) < 4.78 is 5.89. The van der Waals surface area contributed by atoms with Gasteiger partial charge in [-0.15, -0.1) is 0 Å². The molecule has 82 valence electrons. The number of nitrogens with one attached hydrogen (secondary N) is 1. The van der Waals surface area contributed by atoms with Gasteiger partial charge in [0.05, 0.1) is 6.61 Å². The normalized spacial score (nSPS) is 41.8. The molecule has 0 aromatic rings. The van der Waals surface area contributed by atoms with Crippen LogP contribution >= 0.6 is 11.8 Å². The summed E-state index contributed by atoms with van der Waals surface area (Å²) in [6, 6.07) is 1.38. The molecular formula is C11H21NOS. The molecule has 2 nitrogen and oxygen atoms in total. The average molecular weight is 215 g/mol. The number of hydrogen-bond donors (Lipinski definition) is 1. The average Bonchev–Trinajstić information content (AvgIpc) is 2.15. The minimum atomic E-state index is 0.442. The summed E-state index contributed by atoms with van der Waals surface area (Å²) >= 11 is 2.07. The lowest BCUT2D eigenvalue weighted by Crippen LogP contribution is -2.59. The van der Waals surface area contributed by atoms with Crippen LogP contribution in [0.2, 0.25) is 0 Å². The Balaban J connectivity index is 1.84. The van der Waals surface area contributed by atoms with Gasteiger partial charge in [-0.3, -0.25) is 0 Å². The summed E-state index contributed by atoms with van der Waals surface area (Å²) in [5.41, 5.74) is 0. The molecule has 3 heteroatoms. The van der Waals surface area contributed by atoms with Crippen molar-refractivity contribution in [2.75, 3.05) is 19.0 Å². The van der Waals surface area contributed by atoms with Gasteiger partial charge in [-0.2, -0.15) is 11.8 Å². The monoisotopic (exact) mass is 215 g/mol. The molecule has 14 heavy (non-hydrogen) atoms. The van der Waals surface area contributed by atoms with E-state index in [2.05, 4.69) is 37.8 Å². The Bertz CT molecular complexity index is 207. The predicted molar refractivity (Wildman–Crippen MR) is 61.8 cm³/mol. The lowest BCUT2D eigenvalue weighted by molar-refractivity contribution is 0.0349. The minimum Gasteiger partial charge on any atom is -0.381 e. The quantitative estimate of drug-likeness (QED) is 0.760. The third-order valence-electron chi connectivity index (χ3n) is 3.52. The van der Waals surface area contributed by atoms with E-state index >= 15 is 0 Å². The van der Waals surface area contributed by atoms with Crippen molar-refractivity contribution in [2.45, 2.75) is 44.0 Å². The van der Waals surface area contributed by atoms with Gasteiger partial charge in [-0.05, 0) is 26.2 Å². The van der Waals surface area contributed by atoms with E-state index in [0.29, 0.717) is 22.7 Å². The minimum absolute atomic E-state index is 0.442. The first-order valence-corrected chi connectivity index (χ1v) is 6.56. The van der Waals surface area contributed by atoms with E-state index in [4.69, 9.17) is 4.74 Å². The van der Waals surface area contributed by atoms with Gasteiger partial charge < -0.3 is 10.1 Å². The fourth-order valence-corrected chi connectivity index (χ4v) is 3.30. The lowest BCUT2D eigenvalue weighted by Gasteiger charge is -2.47. The first kappa shape index (κ1) is 10.8. The number of hydrogen-bond acceptors (Lipinski definition) is 3. The second kappa shape index (κ2) is 4.03. The molecule has 2 heterocycles. The number of ether oxygens (including phenoxy) is 1. The highest BCUT2D eigenvalue weighted by atomic mass is 32.2. The third kappa shape index (κ3) is 2.10.